The van der Waals surface area contributed by atoms with Crippen molar-refractivity contribution in [3.8, 4) is 0 Å². The zero-order valence-corrected chi connectivity index (χ0v) is 12.9. The zero-order valence-electron chi connectivity index (χ0n) is 12.1. The number of nitrogens with two attached hydrogens (primary N) is 1. The number of nitrogen functional groups attached to an aromatic ring is 1. The van der Waals surface area contributed by atoms with Crippen molar-refractivity contribution in [2.75, 3.05) is 30.7 Å². The molecule has 0 aliphatic carbocycles. The first-order chi connectivity index (χ1) is 10.1. The van der Waals surface area contributed by atoms with Gasteiger partial charge in [-0.1, -0.05) is 13.8 Å². The molecule has 0 heterocycles. The van der Waals surface area contributed by atoms with Gasteiger partial charge >= 0.3 is 0 Å². The second kappa shape index (κ2) is 11.9. The molecule has 8 nitrogen and oxygen atoms in total. The SMILES string of the molecule is CC.Nc1ccc(NCCNSNCC=O)c([N+](=O)[O-])c1. The van der Waals surface area contributed by atoms with Gasteiger partial charge in [0.05, 0.1) is 11.5 Å². The zero-order chi connectivity index (χ0) is 16.1. The fourth-order valence-electron chi connectivity index (χ4n) is 1.28. The van der Waals surface area contributed by atoms with Crippen LogP contribution in [0.25, 0.3) is 0 Å². The van der Waals surface area contributed by atoms with E-state index in [4.69, 9.17) is 5.73 Å². The van der Waals surface area contributed by atoms with E-state index in [9.17, 15) is 14.9 Å². The molecule has 0 unspecified atom stereocenters. The number of nitro benzene ring substituents is 1. The van der Waals surface area contributed by atoms with Crippen LogP contribution in [0.2, 0.25) is 0 Å². The minimum atomic E-state index is -0.480. The van der Waals surface area contributed by atoms with E-state index in [1.807, 2.05) is 13.8 Å². The first-order valence-electron chi connectivity index (χ1n) is 6.48. The number of aldehydes is 1. The molecular weight excluding hydrogens is 294 g/mol. The molecule has 0 bridgehead atoms. The van der Waals surface area contributed by atoms with Gasteiger partial charge in [-0.3, -0.25) is 10.1 Å². The molecule has 1 aromatic rings. The molecule has 0 spiro atoms. The van der Waals surface area contributed by atoms with Crippen molar-refractivity contribution in [1.29, 1.82) is 0 Å². The van der Waals surface area contributed by atoms with E-state index >= 15 is 0 Å². The number of hydrogen-bond acceptors (Lipinski definition) is 8. The Morgan fingerprint density at radius 2 is 2.05 bits per heavy atom. The van der Waals surface area contributed by atoms with Crippen LogP contribution in [0.4, 0.5) is 17.1 Å². The minimum absolute atomic E-state index is 0.0493. The van der Waals surface area contributed by atoms with Crippen molar-refractivity contribution >= 4 is 35.5 Å². The molecule has 0 aromatic heterocycles. The summed E-state index contributed by atoms with van der Waals surface area (Å²) in [4.78, 5) is 20.4. The third-order valence-corrected chi connectivity index (χ3v) is 2.73. The van der Waals surface area contributed by atoms with Crippen LogP contribution in [-0.4, -0.2) is 30.8 Å². The summed E-state index contributed by atoms with van der Waals surface area (Å²) >= 11 is 1.20. The highest BCUT2D eigenvalue weighted by Crippen LogP contribution is 2.26. The average molecular weight is 315 g/mol. The number of hydrogen-bond donors (Lipinski definition) is 4. The summed E-state index contributed by atoms with van der Waals surface area (Å²) in [5, 5.41) is 13.8. The number of carbonyl (C=O) groups is 1. The molecule has 0 saturated heterocycles. The van der Waals surface area contributed by atoms with Crippen molar-refractivity contribution in [1.82, 2.24) is 9.44 Å². The molecule has 1 rings (SSSR count). The van der Waals surface area contributed by atoms with E-state index in [0.717, 1.165) is 6.29 Å². The highest BCUT2D eigenvalue weighted by Gasteiger charge is 2.13. The van der Waals surface area contributed by atoms with Gasteiger partial charge in [0.2, 0.25) is 0 Å². The van der Waals surface area contributed by atoms with Crippen molar-refractivity contribution in [2.24, 2.45) is 0 Å². The molecule has 9 heteroatoms. The van der Waals surface area contributed by atoms with Gasteiger partial charge in [0.25, 0.3) is 5.69 Å². The molecule has 0 aliphatic rings. The van der Waals surface area contributed by atoms with E-state index in [-0.39, 0.29) is 12.2 Å². The number of nitrogens with one attached hydrogen (secondary N) is 3. The standard InChI is InChI=1S/C10H15N5O3S.C2H6/c11-8-1-2-9(10(7-8)15(17)18)12-3-4-13-19-14-5-6-16;1-2/h1-2,6-7,12-14H,3-5,11H2;1-2H3. The molecule has 0 saturated carbocycles. The Hall–Kier alpha value is -1.84. The Balaban J connectivity index is 0.00000191. The third kappa shape index (κ3) is 8.12. The second-order valence-corrected chi connectivity index (χ2v) is 4.25. The maximum absolute atomic E-state index is 10.8. The van der Waals surface area contributed by atoms with Gasteiger partial charge in [-0.15, -0.1) is 0 Å². The summed E-state index contributed by atoms with van der Waals surface area (Å²) in [5.74, 6) is 0. The number of nitro groups is 1. The number of anilines is 2. The molecule has 0 amide bonds. The minimum Gasteiger partial charge on any atom is -0.399 e. The van der Waals surface area contributed by atoms with Crippen LogP contribution in [0.1, 0.15) is 13.8 Å². The Labute approximate surface area is 128 Å². The van der Waals surface area contributed by atoms with Crippen LogP contribution in [0.3, 0.4) is 0 Å². The van der Waals surface area contributed by atoms with Crippen molar-refractivity contribution in [3.63, 3.8) is 0 Å². The summed E-state index contributed by atoms with van der Waals surface area (Å²) in [7, 11) is 0. The largest absolute Gasteiger partial charge is 0.399 e. The number of benzene rings is 1. The number of rotatable bonds is 9. The molecule has 0 atom stereocenters. The van der Waals surface area contributed by atoms with Crippen molar-refractivity contribution in [2.45, 2.75) is 13.8 Å². The average Bonchev–Trinajstić information content (AvgIpc) is 2.49. The number of nitrogens with zero attached hydrogens (tertiary/aromatic N) is 1. The van der Waals surface area contributed by atoms with E-state index < -0.39 is 4.92 Å². The summed E-state index contributed by atoms with van der Waals surface area (Å²) in [6.45, 7) is 5.33. The van der Waals surface area contributed by atoms with E-state index in [0.29, 0.717) is 24.5 Å². The van der Waals surface area contributed by atoms with Crippen molar-refractivity contribution < 1.29 is 9.72 Å². The molecule has 1 aromatic carbocycles. The van der Waals surface area contributed by atoms with Gasteiger partial charge in [0.1, 0.15) is 12.0 Å². The highest BCUT2D eigenvalue weighted by atomic mass is 32.2. The molecule has 5 N–H and O–H groups in total. The van der Waals surface area contributed by atoms with Gasteiger partial charge in [-0.2, -0.15) is 0 Å². The number of carbonyl (C=O) groups excluding carboxylic acids is 1. The lowest BCUT2D eigenvalue weighted by Crippen LogP contribution is -2.21. The summed E-state index contributed by atoms with van der Waals surface area (Å²) in [5.41, 5.74) is 6.23. The fraction of sp³-hybridized carbons (Fsp3) is 0.417. The normalized spacial score (nSPS) is 9.43. The fourth-order valence-corrected chi connectivity index (χ4v) is 1.73. The predicted molar refractivity (Wildman–Crippen MR) is 87.0 cm³/mol. The molecule has 21 heavy (non-hydrogen) atoms. The Morgan fingerprint density at radius 1 is 1.33 bits per heavy atom. The Kier molecular flexibility index (Phi) is 10.9. The summed E-state index contributed by atoms with van der Waals surface area (Å²) < 4.78 is 5.70. The lowest BCUT2D eigenvalue weighted by molar-refractivity contribution is -0.383. The van der Waals surface area contributed by atoms with Crippen LogP contribution < -0.4 is 20.5 Å². The summed E-state index contributed by atoms with van der Waals surface area (Å²) in [6.07, 6.45) is 0.755. The van der Waals surface area contributed by atoms with Gasteiger partial charge in [-0.25, -0.2) is 9.44 Å². The maximum atomic E-state index is 10.8. The predicted octanol–water partition coefficient (Wildman–Crippen LogP) is 1.56. The van der Waals surface area contributed by atoms with Crippen LogP contribution >= 0.6 is 12.1 Å². The molecule has 118 valence electrons. The summed E-state index contributed by atoms with van der Waals surface area (Å²) in [6, 6.07) is 4.49. The lowest BCUT2D eigenvalue weighted by Gasteiger charge is -2.08. The van der Waals surface area contributed by atoms with Gasteiger partial charge in [0.15, 0.2) is 0 Å². The molecular formula is C12H21N5O3S. The van der Waals surface area contributed by atoms with Gasteiger partial charge < -0.3 is 15.8 Å². The van der Waals surface area contributed by atoms with Crippen LogP contribution in [0, 0.1) is 10.1 Å². The molecule has 0 fully saturated rings. The maximum Gasteiger partial charge on any atom is 0.294 e. The van der Waals surface area contributed by atoms with E-state index in [2.05, 4.69) is 14.8 Å². The quantitative estimate of drug-likeness (QED) is 0.135. The van der Waals surface area contributed by atoms with Gasteiger partial charge in [-0.05, 0) is 12.1 Å². The topological polar surface area (TPSA) is 122 Å². The van der Waals surface area contributed by atoms with Crippen molar-refractivity contribution in [3.05, 3.63) is 28.3 Å². The van der Waals surface area contributed by atoms with E-state index in [1.54, 1.807) is 12.1 Å². The smallest absolute Gasteiger partial charge is 0.294 e. The third-order valence-electron chi connectivity index (χ3n) is 2.07. The molecule has 0 aliphatic heterocycles. The first-order valence-corrected chi connectivity index (χ1v) is 7.29. The highest BCUT2D eigenvalue weighted by molar-refractivity contribution is 7.95. The van der Waals surface area contributed by atoms with E-state index in [1.165, 1.54) is 18.2 Å². The Bertz CT molecular complexity index is 445. The van der Waals surface area contributed by atoms with Crippen LogP contribution in [-0.2, 0) is 4.79 Å². The monoisotopic (exact) mass is 315 g/mol. The van der Waals surface area contributed by atoms with Crippen LogP contribution in [0.15, 0.2) is 18.2 Å². The molecule has 0 radical (unpaired) electrons. The second-order valence-electron chi connectivity index (χ2n) is 3.47. The Morgan fingerprint density at radius 3 is 2.67 bits per heavy atom. The van der Waals surface area contributed by atoms with Crippen LogP contribution in [0.5, 0.6) is 0 Å². The lowest BCUT2D eigenvalue weighted by atomic mass is 10.2. The van der Waals surface area contributed by atoms with Gasteiger partial charge in [0, 0.05) is 37.0 Å². The first kappa shape index (κ1) is 19.2.